The van der Waals surface area contributed by atoms with Crippen LogP contribution in [0.2, 0.25) is 0 Å². The Bertz CT molecular complexity index is 639. The predicted octanol–water partition coefficient (Wildman–Crippen LogP) is 1.56. The molecule has 1 aromatic heterocycles. The van der Waals surface area contributed by atoms with E-state index in [4.69, 9.17) is 5.26 Å². The number of aromatic nitrogens is 2. The van der Waals surface area contributed by atoms with Crippen LogP contribution in [0, 0.1) is 11.3 Å². The molecule has 0 atom stereocenters. The average molecular weight is 254 g/mol. The number of nitriles is 1. The van der Waals surface area contributed by atoms with Gasteiger partial charge in [0.2, 0.25) is 0 Å². The fourth-order valence-corrected chi connectivity index (χ4v) is 1.81. The maximum atomic E-state index is 12.2. The van der Waals surface area contributed by atoms with E-state index in [-0.39, 0.29) is 5.91 Å². The van der Waals surface area contributed by atoms with Crippen molar-refractivity contribution in [2.45, 2.75) is 6.54 Å². The zero-order chi connectivity index (χ0) is 13.8. The number of carbonyl (C=O) groups is 1. The highest BCUT2D eigenvalue weighted by Crippen LogP contribution is 2.09. The number of benzene rings is 1. The molecule has 0 unspecified atom stereocenters. The molecule has 1 aromatic carbocycles. The van der Waals surface area contributed by atoms with E-state index in [2.05, 4.69) is 5.10 Å². The van der Waals surface area contributed by atoms with Crippen LogP contribution in [0.25, 0.3) is 0 Å². The minimum Gasteiger partial charge on any atom is -0.336 e. The summed E-state index contributed by atoms with van der Waals surface area (Å²) in [7, 11) is 3.57. The molecule has 96 valence electrons. The molecule has 0 saturated carbocycles. The lowest BCUT2D eigenvalue weighted by molar-refractivity contribution is 0.0782. The third-order valence-electron chi connectivity index (χ3n) is 2.91. The molecule has 0 fully saturated rings. The molecule has 2 rings (SSSR count). The van der Waals surface area contributed by atoms with Crippen LogP contribution in [0.5, 0.6) is 0 Å². The molecule has 1 heterocycles. The second-order valence-electron chi connectivity index (χ2n) is 4.30. The van der Waals surface area contributed by atoms with Gasteiger partial charge in [-0.1, -0.05) is 6.07 Å². The number of nitrogens with zero attached hydrogens (tertiary/aromatic N) is 4. The van der Waals surface area contributed by atoms with Crippen LogP contribution in [0.3, 0.4) is 0 Å². The minimum atomic E-state index is -0.113. The largest absolute Gasteiger partial charge is 0.336 e. The lowest BCUT2D eigenvalue weighted by atomic mass is 10.1. The van der Waals surface area contributed by atoms with Gasteiger partial charge in [-0.25, -0.2) is 0 Å². The Balaban J connectivity index is 2.15. The summed E-state index contributed by atoms with van der Waals surface area (Å²) >= 11 is 0. The van der Waals surface area contributed by atoms with Crippen molar-refractivity contribution < 1.29 is 4.79 Å². The van der Waals surface area contributed by atoms with Crippen molar-refractivity contribution in [2.75, 3.05) is 7.05 Å². The van der Waals surface area contributed by atoms with Crippen molar-refractivity contribution in [1.29, 1.82) is 5.26 Å². The minimum absolute atomic E-state index is 0.113. The van der Waals surface area contributed by atoms with Crippen LogP contribution >= 0.6 is 0 Å². The van der Waals surface area contributed by atoms with Crippen LogP contribution in [0.4, 0.5) is 0 Å². The summed E-state index contributed by atoms with van der Waals surface area (Å²) in [6, 6.07) is 10.6. The van der Waals surface area contributed by atoms with Gasteiger partial charge < -0.3 is 4.90 Å². The fraction of sp³-hybridized carbons (Fsp3) is 0.214. The fourth-order valence-electron chi connectivity index (χ4n) is 1.81. The van der Waals surface area contributed by atoms with Crippen molar-refractivity contribution in [1.82, 2.24) is 14.7 Å². The third-order valence-corrected chi connectivity index (χ3v) is 2.91. The Kier molecular flexibility index (Phi) is 3.62. The van der Waals surface area contributed by atoms with Gasteiger partial charge >= 0.3 is 0 Å². The van der Waals surface area contributed by atoms with E-state index in [9.17, 15) is 4.79 Å². The monoisotopic (exact) mass is 254 g/mol. The Morgan fingerprint density at radius 2 is 2.26 bits per heavy atom. The van der Waals surface area contributed by atoms with E-state index >= 15 is 0 Å². The second-order valence-corrected chi connectivity index (χ2v) is 4.30. The first-order chi connectivity index (χ1) is 9.11. The molecular formula is C14H14N4O. The summed E-state index contributed by atoms with van der Waals surface area (Å²) < 4.78 is 1.73. The molecule has 0 spiro atoms. The van der Waals surface area contributed by atoms with Crippen molar-refractivity contribution in [3.05, 3.63) is 53.3 Å². The zero-order valence-corrected chi connectivity index (χ0v) is 10.9. The van der Waals surface area contributed by atoms with Gasteiger partial charge in [0.25, 0.3) is 5.91 Å². The smallest absolute Gasteiger partial charge is 0.253 e. The van der Waals surface area contributed by atoms with Gasteiger partial charge in [-0.05, 0) is 24.3 Å². The Morgan fingerprint density at radius 3 is 2.89 bits per heavy atom. The lowest BCUT2D eigenvalue weighted by Crippen LogP contribution is -2.27. The predicted molar refractivity (Wildman–Crippen MR) is 70.2 cm³/mol. The van der Waals surface area contributed by atoms with Gasteiger partial charge in [0.15, 0.2) is 0 Å². The van der Waals surface area contributed by atoms with Crippen molar-refractivity contribution in [3.63, 3.8) is 0 Å². The maximum absolute atomic E-state index is 12.2. The molecule has 0 saturated heterocycles. The Hall–Kier alpha value is -2.61. The molecule has 19 heavy (non-hydrogen) atoms. The summed E-state index contributed by atoms with van der Waals surface area (Å²) in [4.78, 5) is 13.8. The molecule has 0 N–H and O–H groups in total. The number of hydrogen-bond donors (Lipinski definition) is 0. The molecular weight excluding hydrogens is 240 g/mol. The summed E-state index contributed by atoms with van der Waals surface area (Å²) in [6.07, 6.45) is 1.70. The van der Waals surface area contributed by atoms with Crippen LogP contribution in [-0.4, -0.2) is 27.6 Å². The van der Waals surface area contributed by atoms with E-state index in [0.29, 0.717) is 17.7 Å². The quantitative estimate of drug-likeness (QED) is 0.835. The van der Waals surface area contributed by atoms with E-state index in [0.717, 1.165) is 5.69 Å². The standard InChI is InChI=1S/C14H14N4O/c1-17(10-13-6-7-16-18(13)2)14(19)12-5-3-4-11(8-12)9-15/h3-8H,10H2,1-2H3. The summed E-state index contributed by atoms with van der Waals surface area (Å²) in [5.74, 6) is -0.113. The average Bonchev–Trinajstić information content (AvgIpc) is 2.83. The van der Waals surface area contributed by atoms with E-state index in [1.165, 1.54) is 0 Å². The molecule has 0 aliphatic carbocycles. The number of amides is 1. The Labute approximate surface area is 111 Å². The number of hydrogen-bond acceptors (Lipinski definition) is 3. The SMILES string of the molecule is CN(Cc1ccnn1C)C(=O)c1cccc(C#N)c1. The van der Waals surface area contributed by atoms with Gasteiger partial charge in [-0.3, -0.25) is 9.48 Å². The lowest BCUT2D eigenvalue weighted by Gasteiger charge is -2.17. The van der Waals surface area contributed by atoms with Gasteiger partial charge in [0.05, 0.1) is 23.9 Å². The van der Waals surface area contributed by atoms with Gasteiger partial charge in [0.1, 0.15) is 0 Å². The number of rotatable bonds is 3. The third kappa shape index (κ3) is 2.80. The molecule has 0 bridgehead atoms. The van der Waals surface area contributed by atoms with Crippen molar-refractivity contribution >= 4 is 5.91 Å². The van der Waals surface area contributed by atoms with E-state index in [1.54, 1.807) is 47.1 Å². The summed E-state index contributed by atoms with van der Waals surface area (Å²) in [6.45, 7) is 0.478. The Morgan fingerprint density at radius 1 is 1.47 bits per heavy atom. The molecule has 5 heteroatoms. The zero-order valence-electron chi connectivity index (χ0n) is 10.9. The molecule has 0 radical (unpaired) electrons. The molecule has 0 aliphatic rings. The van der Waals surface area contributed by atoms with Gasteiger partial charge in [-0.15, -0.1) is 0 Å². The topological polar surface area (TPSA) is 61.9 Å². The summed E-state index contributed by atoms with van der Waals surface area (Å²) in [5.41, 5.74) is 1.95. The van der Waals surface area contributed by atoms with E-state index in [1.807, 2.05) is 19.2 Å². The first kappa shape index (κ1) is 12.8. The van der Waals surface area contributed by atoms with Crippen molar-refractivity contribution in [2.24, 2.45) is 7.05 Å². The van der Waals surface area contributed by atoms with Gasteiger partial charge in [0, 0.05) is 25.9 Å². The first-order valence-electron chi connectivity index (χ1n) is 5.84. The molecule has 5 nitrogen and oxygen atoms in total. The highest BCUT2D eigenvalue weighted by molar-refractivity contribution is 5.94. The van der Waals surface area contributed by atoms with E-state index < -0.39 is 0 Å². The van der Waals surface area contributed by atoms with Crippen molar-refractivity contribution in [3.8, 4) is 6.07 Å². The molecule has 1 amide bonds. The normalized spacial score (nSPS) is 9.95. The molecule has 0 aliphatic heterocycles. The van der Waals surface area contributed by atoms with Crippen LogP contribution < -0.4 is 0 Å². The highest BCUT2D eigenvalue weighted by atomic mass is 16.2. The highest BCUT2D eigenvalue weighted by Gasteiger charge is 2.13. The maximum Gasteiger partial charge on any atom is 0.253 e. The van der Waals surface area contributed by atoms with Gasteiger partial charge in [-0.2, -0.15) is 10.4 Å². The summed E-state index contributed by atoms with van der Waals surface area (Å²) in [5, 5.41) is 12.9. The first-order valence-corrected chi connectivity index (χ1v) is 5.84. The second kappa shape index (κ2) is 5.36. The number of carbonyl (C=O) groups excluding carboxylic acids is 1. The number of aryl methyl sites for hydroxylation is 1. The van der Waals surface area contributed by atoms with Crippen LogP contribution in [-0.2, 0) is 13.6 Å². The van der Waals surface area contributed by atoms with Crippen LogP contribution in [0.1, 0.15) is 21.6 Å². The molecule has 2 aromatic rings. The van der Waals surface area contributed by atoms with Crippen LogP contribution in [0.15, 0.2) is 36.5 Å².